The molecule has 19 heavy (non-hydrogen) atoms. The van der Waals surface area contributed by atoms with E-state index in [1.165, 1.54) is 29.4 Å². The van der Waals surface area contributed by atoms with Gasteiger partial charge in [0.1, 0.15) is 12.2 Å². The van der Waals surface area contributed by atoms with Crippen LogP contribution in [0.1, 0.15) is 23.3 Å². The number of hydrogen-bond acceptors (Lipinski definition) is 1. The molecule has 2 atom stereocenters. The van der Waals surface area contributed by atoms with E-state index in [4.69, 9.17) is 4.74 Å². The van der Waals surface area contributed by atoms with Gasteiger partial charge in [0, 0.05) is 16.1 Å². The van der Waals surface area contributed by atoms with Gasteiger partial charge in [-0.25, -0.2) is 0 Å². The highest BCUT2D eigenvalue weighted by Gasteiger charge is 2.47. The fourth-order valence-electron chi connectivity index (χ4n) is 2.65. The minimum absolute atomic E-state index is 0.239. The Hall–Kier alpha value is 0.820. The van der Waals surface area contributed by atoms with Crippen LogP contribution in [0.5, 0.6) is 0 Å². The van der Waals surface area contributed by atoms with Crippen molar-refractivity contribution in [3.8, 4) is 11.1 Å². The zero-order valence-electron chi connectivity index (χ0n) is 9.38. The van der Waals surface area contributed by atoms with Gasteiger partial charge in [-0.1, -0.05) is 0 Å². The van der Waals surface area contributed by atoms with Crippen LogP contribution in [0.15, 0.2) is 33.2 Å². The molecule has 5 heteroatoms. The SMILES string of the molecule is Brc1cc2c(cc1I)-c1cc(I)c(Br)cc1C1OC21. The number of halogens is 4. The van der Waals surface area contributed by atoms with Gasteiger partial charge in [-0.2, -0.15) is 0 Å². The zero-order chi connectivity index (χ0) is 13.3. The fraction of sp³-hybridized carbons (Fsp3) is 0.143. The Morgan fingerprint density at radius 3 is 1.63 bits per heavy atom. The molecule has 1 aliphatic carbocycles. The molecule has 2 aromatic carbocycles. The molecule has 0 saturated carbocycles. The van der Waals surface area contributed by atoms with Crippen LogP contribution in [0.2, 0.25) is 0 Å². The maximum Gasteiger partial charge on any atom is 0.114 e. The first kappa shape index (κ1) is 13.5. The van der Waals surface area contributed by atoms with E-state index in [2.05, 4.69) is 101 Å². The summed E-state index contributed by atoms with van der Waals surface area (Å²) in [4.78, 5) is 0. The predicted molar refractivity (Wildman–Crippen MR) is 99.3 cm³/mol. The van der Waals surface area contributed by atoms with Crippen molar-refractivity contribution in [2.45, 2.75) is 12.2 Å². The quantitative estimate of drug-likeness (QED) is 0.258. The summed E-state index contributed by atoms with van der Waals surface area (Å²) in [6.45, 7) is 0. The van der Waals surface area contributed by atoms with Crippen molar-refractivity contribution in [2.75, 3.05) is 0 Å². The van der Waals surface area contributed by atoms with Crippen LogP contribution < -0.4 is 0 Å². The number of benzene rings is 2. The Bertz CT molecular complexity index is 668. The van der Waals surface area contributed by atoms with Crippen LogP contribution in [-0.4, -0.2) is 0 Å². The lowest BCUT2D eigenvalue weighted by atomic mass is 9.86. The standard InChI is InChI=1S/C14H6Br2I2O/c15-9-1-7-5(3-11(9)17)6-4-12(18)10(16)2-8(6)14-13(7)19-14/h1-4,13-14H. The molecule has 2 aliphatic rings. The van der Waals surface area contributed by atoms with Crippen molar-refractivity contribution in [1.82, 2.24) is 0 Å². The third kappa shape index (κ3) is 2.06. The van der Waals surface area contributed by atoms with Crippen LogP contribution in [-0.2, 0) is 4.74 Å². The lowest BCUT2D eigenvalue weighted by Gasteiger charge is -2.18. The van der Waals surface area contributed by atoms with Gasteiger partial charge < -0.3 is 4.74 Å². The first-order valence-corrected chi connectivity index (χ1v) is 9.44. The highest BCUT2D eigenvalue weighted by Crippen LogP contribution is 2.60. The molecule has 0 spiro atoms. The lowest BCUT2D eigenvalue weighted by molar-refractivity contribution is 0.380. The Morgan fingerprint density at radius 1 is 0.789 bits per heavy atom. The van der Waals surface area contributed by atoms with Crippen molar-refractivity contribution < 1.29 is 4.74 Å². The summed E-state index contributed by atoms with van der Waals surface area (Å²) in [6, 6.07) is 8.92. The second-order valence-corrected chi connectivity index (χ2v) is 8.72. The average molecular weight is 604 g/mol. The lowest BCUT2D eigenvalue weighted by Crippen LogP contribution is -2.01. The highest BCUT2D eigenvalue weighted by molar-refractivity contribution is 14.1. The molecule has 1 saturated heterocycles. The third-order valence-corrected chi connectivity index (χ3v) is 8.16. The molecular formula is C14H6Br2I2O. The van der Waals surface area contributed by atoms with Crippen molar-refractivity contribution in [3.63, 3.8) is 0 Å². The van der Waals surface area contributed by atoms with Crippen molar-refractivity contribution >= 4 is 77.0 Å². The highest BCUT2D eigenvalue weighted by atomic mass is 127. The van der Waals surface area contributed by atoms with Gasteiger partial charge in [-0.3, -0.25) is 0 Å². The summed E-state index contributed by atoms with van der Waals surface area (Å²) < 4.78 is 10.6. The number of epoxide rings is 1. The normalized spacial score (nSPS) is 22.5. The van der Waals surface area contributed by atoms with Gasteiger partial charge in [-0.15, -0.1) is 0 Å². The molecule has 1 fully saturated rings. The second-order valence-electron chi connectivity index (χ2n) is 4.68. The predicted octanol–water partition coefficient (Wildman–Crippen LogP) is 6.21. The third-order valence-electron chi connectivity index (χ3n) is 3.58. The maximum atomic E-state index is 5.87. The summed E-state index contributed by atoms with van der Waals surface area (Å²) in [5.41, 5.74) is 5.24. The minimum atomic E-state index is 0.239. The van der Waals surface area contributed by atoms with E-state index in [1.54, 1.807) is 0 Å². The van der Waals surface area contributed by atoms with Crippen molar-refractivity contribution in [3.05, 3.63) is 51.5 Å². The minimum Gasteiger partial charge on any atom is -0.359 e. The summed E-state index contributed by atoms with van der Waals surface area (Å²) in [7, 11) is 0. The van der Waals surface area contributed by atoms with E-state index in [0.717, 1.165) is 8.95 Å². The molecule has 0 radical (unpaired) electrons. The molecule has 1 nitrogen and oxygen atoms in total. The molecule has 1 aliphatic heterocycles. The van der Waals surface area contributed by atoms with Gasteiger partial charge >= 0.3 is 0 Å². The molecule has 2 aromatic rings. The molecular weight excluding hydrogens is 598 g/mol. The Kier molecular flexibility index (Phi) is 3.30. The summed E-state index contributed by atoms with van der Waals surface area (Å²) in [6.07, 6.45) is 0.477. The molecule has 0 bridgehead atoms. The topological polar surface area (TPSA) is 12.5 Å². The van der Waals surface area contributed by atoms with Gasteiger partial charge in [0.05, 0.1) is 0 Å². The summed E-state index contributed by atoms with van der Waals surface area (Å²) in [5.74, 6) is 0. The molecule has 0 amide bonds. The van der Waals surface area contributed by atoms with E-state index in [0.29, 0.717) is 0 Å². The van der Waals surface area contributed by atoms with Gasteiger partial charge in [-0.05, 0) is 124 Å². The van der Waals surface area contributed by atoms with E-state index in [9.17, 15) is 0 Å². The summed E-state index contributed by atoms with van der Waals surface area (Å²) in [5, 5.41) is 0. The molecule has 4 rings (SSSR count). The van der Waals surface area contributed by atoms with E-state index in [-0.39, 0.29) is 12.2 Å². The monoisotopic (exact) mass is 602 g/mol. The zero-order valence-corrected chi connectivity index (χ0v) is 16.9. The molecule has 96 valence electrons. The first-order valence-electron chi connectivity index (χ1n) is 5.70. The Morgan fingerprint density at radius 2 is 1.21 bits per heavy atom. The molecule has 2 unspecified atom stereocenters. The number of rotatable bonds is 0. The van der Waals surface area contributed by atoms with Crippen LogP contribution in [0.4, 0.5) is 0 Å². The van der Waals surface area contributed by atoms with Crippen LogP contribution in [0.3, 0.4) is 0 Å². The number of hydrogen-bond donors (Lipinski definition) is 0. The van der Waals surface area contributed by atoms with Gasteiger partial charge in [0.25, 0.3) is 0 Å². The van der Waals surface area contributed by atoms with Gasteiger partial charge in [0.2, 0.25) is 0 Å². The van der Waals surface area contributed by atoms with E-state index >= 15 is 0 Å². The van der Waals surface area contributed by atoms with Crippen LogP contribution >= 0.6 is 77.0 Å². The Labute approximate surface area is 155 Å². The second kappa shape index (κ2) is 4.66. The maximum absolute atomic E-state index is 5.87. The summed E-state index contributed by atoms with van der Waals surface area (Å²) >= 11 is 12.0. The largest absolute Gasteiger partial charge is 0.359 e. The number of fused-ring (bicyclic) bond motifs is 6. The van der Waals surface area contributed by atoms with Crippen LogP contribution in [0.25, 0.3) is 11.1 Å². The van der Waals surface area contributed by atoms with Crippen LogP contribution in [0, 0.1) is 7.14 Å². The van der Waals surface area contributed by atoms with Crippen molar-refractivity contribution in [2.24, 2.45) is 0 Å². The average Bonchev–Trinajstić information content (AvgIpc) is 3.14. The van der Waals surface area contributed by atoms with Gasteiger partial charge in [0.15, 0.2) is 0 Å². The molecule has 1 heterocycles. The first-order chi connectivity index (χ1) is 9.06. The number of ether oxygens (including phenoxy) is 1. The van der Waals surface area contributed by atoms with Crippen molar-refractivity contribution in [1.29, 1.82) is 0 Å². The van der Waals surface area contributed by atoms with E-state index < -0.39 is 0 Å². The Balaban J connectivity index is 2.05. The molecule has 0 N–H and O–H groups in total. The smallest absolute Gasteiger partial charge is 0.114 e. The molecule has 0 aromatic heterocycles. The van der Waals surface area contributed by atoms with E-state index in [1.807, 2.05) is 0 Å². The fourth-order valence-corrected chi connectivity index (χ4v) is 4.30.